The fraction of sp³-hybridized carbons (Fsp3) is 0.462. The molecule has 4 heteroatoms. The number of alkyl halides is 1. The van der Waals surface area contributed by atoms with E-state index in [2.05, 4.69) is 31.9 Å². The van der Waals surface area contributed by atoms with Crippen molar-refractivity contribution in [2.24, 2.45) is 0 Å². The molecule has 0 aliphatic heterocycles. The number of ether oxygens (including phenoxy) is 1. The number of benzene rings is 1. The highest BCUT2D eigenvalue weighted by molar-refractivity contribution is 9.10. The highest BCUT2D eigenvalue weighted by atomic mass is 79.9. The molecule has 1 aromatic carbocycles. The Labute approximate surface area is 119 Å². The standard InChI is InChI=1S/C13H16Br2O2/c14-9-1-3-12(16)4-2-10-17-13-7-5-11(15)6-8-13/h5-8H,1-4,9-10H2. The Morgan fingerprint density at radius 2 is 1.76 bits per heavy atom. The molecule has 0 saturated heterocycles. The first-order valence-corrected chi connectivity index (χ1v) is 7.60. The normalized spacial score (nSPS) is 10.2. The second-order valence-electron chi connectivity index (χ2n) is 3.74. The van der Waals surface area contributed by atoms with E-state index in [1.54, 1.807) is 0 Å². The molecule has 2 nitrogen and oxygen atoms in total. The zero-order chi connectivity index (χ0) is 12.5. The van der Waals surface area contributed by atoms with Crippen LogP contribution >= 0.6 is 31.9 Å². The number of hydrogen-bond donors (Lipinski definition) is 0. The van der Waals surface area contributed by atoms with Crippen LogP contribution in [0.2, 0.25) is 0 Å². The van der Waals surface area contributed by atoms with E-state index in [1.807, 2.05) is 24.3 Å². The molecule has 17 heavy (non-hydrogen) atoms. The number of Topliss-reactive ketones (excluding diaryl/α,β-unsaturated/α-hetero) is 1. The van der Waals surface area contributed by atoms with Crippen molar-refractivity contribution in [3.05, 3.63) is 28.7 Å². The monoisotopic (exact) mass is 362 g/mol. The Morgan fingerprint density at radius 3 is 2.41 bits per heavy atom. The van der Waals surface area contributed by atoms with Gasteiger partial charge in [0.2, 0.25) is 0 Å². The highest BCUT2D eigenvalue weighted by Crippen LogP contribution is 2.16. The van der Waals surface area contributed by atoms with Crippen LogP contribution in [0.3, 0.4) is 0 Å². The molecule has 0 N–H and O–H groups in total. The topological polar surface area (TPSA) is 26.3 Å². The average Bonchev–Trinajstić information content (AvgIpc) is 2.34. The summed E-state index contributed by atoms with van der Waals surface area (Å²) in [7, 11) is 0. The molecule has 0 fully saturated rings. The van der Waals surface area contributed by atoms with Crippen molar-refractivity contribution in [2.75, 3.05) is 11.9 Å². The molecule has 0 aromatic heterocycles. The van der Waals surface area contributed by atoms with Crippen LogP contribution in [0.1, 0.15) is 25.7 Å². The number of carbonyl (C=O) groups excluding carboxylic acids is 1. The van der Waals surface area contributed by atoms with Crippen LogP contribution in [0.15, 0.2) is 28.7 Å². The van der Waals surface area contributed by atoms with Gasteiger partial charge in [-0.25, -0.2) is 0 Å². The minimum atomic E-state index is 0.323. The smallest absolute Gasteiger partial charge is 0.133 e. The zero-order valence-electron chi connectivity index (χ0n) is 9.62. The van der Waals surface area contributed by atoms with Gasteiger partial charge in [-0.3, -0.25) is 4.79 Å². The van der Waals surface area contributed by atoms with Crippen molar-refractivity contribution in [3.8, 4) is 5.75 Å². The van der Waals surface area contributed by atoms with Crippen LogP contribution in [0.5, 0.6) is 5.75 Å². The second kappa shape index (κ2) is 8.70. The summed E-state index contributed by atoms with van der Waals surface area (Å²) >= 11 is 6.68. The summed E-state index contributed by atoms with van der Waals surface area (Å²) in [5.74, 6) is 1.17. The molecule has 0 aliphatic rings. The molecule has 0 aliphatic carbocycles. The van der Waals surface area contributed by atoms with E-state index in [-0.39, 0.29) is 0 Å². The summed E-state index contributed by atoms with van der Waals surface area (Å²) in [6.45, 7) is 0.599. The highest BCUT2D eigenvalue weighted by Gasteiger charge is 2.01. The van der Waals surface area contributed by atoms with Crippen LogP contribution < -0.4 is 4.74 Å². The van der Waals surface area contributed by atoms with Crippen molar-refractivity contribution in [2.45, 2.75) is 25.7 Å². The Kier molecular flexibility index (Phi) is 7.53. The van der Waals surface area contributed by atoms with Gasteiger partial charge in [-0.05, 0) is 37.1 Å². The van der Waals surface area contributed by atoms with Crippen molar-refractivity contribution in [1.29, 1.82) is 0 Å². The van der Waals surface area contributed by atoms with E-state index < -0.39 is 0 Å². The Balaban J connectivity index is 2.11. The summed E-state index contributed by atoms with van der Waals surface area (Å²) < 4.78 is 6.57. The number of halogens is 2. The molecule has 1 aromatic rings. The van der Waals surface area contributed by atoms with E-state index in [9.17, 15) is 4.79 Å². The van der Waals surface area contributed by atoms with Gasteiger partial charge in [-0.15, -0.1) is 0 Å². The van der Waals surface area contributed by atoms with Crippen molar-refractivity contribution in [3.63, 3.8) is 0 Å². The van der Waals surface area contributed by atoms with Gasteiger partial charge in [0.25, 0.3) is 0 Å². The SMILES string of the molecule is O=C(CCCBr)CCCOc1ccc(Br)cc1. The maximum absolute atomic E-state index is 11.4. The first kappa shape index (κ1) is 14.7. The third kappa shape index (κ3) is 6.84. The predicted molar refractivity (Wildman–Crippen MR) is 76.9 cm³/mol. The fourth-order valence-corrected chi connectivity index (χ4v) is 1.92. The van der Waals surface area contributed by atoms with Gasteiger partial charge in [0, 0.05) is 22.6 Å². The molecular weight excluding hydrogens is 348 g/mol. The quantitative estimate of drug-likeness (QED) is 0.507. The maximum atomic E-state index is 11.4. The largest absolute Gasteiger partial charge is 0.494 e. The van der Waals surface area contributed by atoms with Crippen LogP contribution in [0.25, 0.3) is 0 Å². The molecule has 0 atom stereocenters. The number of carbonyl (C=O) groups is 1. The molecule has 0 radical (unpaired) electrons. The summed E-state index contributed by atoms with van der Waals surface area (Å²) in [6, 6.07) is 7.71. The zero-order valence-corrected chi connectivity index (χ0v) is 12.8. The minimum Gasteiger partial charge on any atom is -0.494 e. The lowest BCUT2D eigenvalue weighted by Crippen LogP contribution is -2.03. The van der Waals surface area contributed by atoms with E-state index in [0.717, 1.165) is 28.4 Å². The molecule has 94 valence electrons. The first-order valence-electron chi connectivity index (χ1n) is 5.68. The Bertz CT molecular complexity index is 336. The minimum absolute atomic E-state index is 0.323. The number of rotatable bonds is 8. The lowest BCUT2D eigenvalue weighted by atomic mass is 10.1. The molecule has 1 rings (SSSR count). The van der Waals surface area contributed by atoms with Crippen molar-refractivity contribution < 1.29 is 9.53 Å². The van der Waals surface area contributed by atoms with Crippen molar-refractivity contribution >= 4 is 37.6 Å². The first-order chi connectivity index (χ1) is 8.22. The molecule has 0 amide bonds. The third-order valence-electron chi connectivity index (χ3n) is 2.27. The van der Waals surface area contributed by atoms with Gasteiger partial charge in [-0.2, -0.15) is 0 Å². The van der Waals surface area contributed by atoms with Gasteiger partial charge in [0.15, 0.2) is 0 Å². The summed E-state index contributed by atoms with van der Waals surface area (Å²) in [4.78, 5) is 11.4. The molecule has 0 heterocycles. The van der Waals surface area contributed by atoms with E-state index in [4.69, 9.17) is 4.74 Å². The van der Waals surface area contributed by atoms with Gasteiger partial charge in [0.1, 0.15) is 11.5 Å². The summed E-state index contributed by atoms with van der Waals surface area (Å²) in [5.41, 5.74) is 0. The van der Waals surface area contributed by atoms with Gasteiger partial charge in [-0.1, -0.05) is 31.9 Å². The summed E-state index contributed by atoms with van der Waals surface area (Å²) in [6.07, 6.45) is 3.00. The van der Waals surface area contributed by atoms with E-state index in [0.29, 0.717) is 25.2 Å². The molecule has 0 saturated carbocycles. The second-order valence-corrected chi connectivity index (χ2v) is 5.45. The van der Waals surface area contributed by atoms with Gasteiger partial charge >= 0.3 is 0 Å². The summed E-state index contributed by atoms with van der Waals surface area (Å²) in [5, 5.41) is 0.897. The Morgan fingerprint density at radius 1 is 1.12 bits per heavy atom. The van der Waals surface area contributed by atoms with Crippen molar-refractivity contribution in [1.82, 2.24) is 0 Å². The lowest BCUT2D eigenvalue weighted by Gasteiger charge is -2.05. The molecule has 0 spiro atoms. The molecular formula is C13H16Br2O2. The molecule has 0 unspecified atom stereocenters. The number of ketones is 1. The average molecular weight is 364 g/mol. The third-order valence-corrected chi connectivity index (χ3v) is 3.36. The number of hydrogen-bond acceptors (Lipinski definition) is 2. The van der Waals surface area contributed by atoms with Crippen LogP contribution in [-0.2, 0) is 4.79 Å². The van der Waals surface area contributed by atoms with Crippen LogP contribution in [0.4, 0.5) is 0 Å². The lowest BCUT2D eigenvalue weighted by molar-refractivity contribution is -0.119. The van der Waals surface area contributed by atoms with Gasteiger partial charge < -0.3 is 4.74 Å². The molecule has 0 bridgehead atoms. The van der Waals surface area contributed by atoms with Gasteiger partial charge in [0.05, 0.1) is 6.61 Å². The van der Waals surface area contributed by atoms with E-state index in [1.165, 1.54) is 0 Å². The maximum Gasteiger partial charge on any atom is 0.133 e. The fourth-order valence-electron chi connectivity index (χ4n) is 1.38. The predicted octanol–water partition coefficient (Wildman–Crippen LogP) is 4.35. The van der Waals surface area contributed by atoms with Crippen LogP contribution in [-0.4, -0.2) is 17.7 Å². The Hall–Kier alpha value is -0.350. The van der Waals surface area contributed by atoms with E-state index >= 15 is 0 Å². The van der Waals surface area contributed by atoms with Crippen LogP contribution in [0, 0.1) is 0 Å².